The standard InChI is InChI=1S/C13H17IS/c1-4-5-6-11(3)15-13-8-7-12(14)9-10(13)2/h6-9H,4-5H2,1-3H3/b11-6+. The molecule has 1 aromatic rings. The van der Waals surface area contributed by atoms with Gasteiger partial charge < -0.3 is 0 Å². The topological polar surface area (TPSA) is 0 Å². The molecule has 0 aliphatic heterocycles. The fourth-order valence-corrected chi connectivity index (χ4v) is 2.84. The number of hydrogen-bond acceptors (Lipinski definition) is 1. The SMILES string of the molecule is CCC/C=C(\C)Sc1ccc(I)cc1C. The van der Waals surface area contributed by atoms with E-state index in [4.69, 9.17) is 0 Å². The highest BCUT2D eigenvalue weighted by Gasteiger charge is 2.00. The molecule has 0 spiro atoms. The van der Waals surface area contributed by atoms with Crippen LogP contribution >= 0.6 is 34.4 Å². The Morgan fingerprint density at radius 1 is 1.47 bits per heavy atom. The highest BCUT2D eigenvalue weighted by atomic mass is 127. The first-order chi connectivity index (χ1) is 7.13. The summed E-state index contributed by atoms with van der Waals surface area (Å²) < 4.78 is 1.31. The van der Waals surface area contributed by atoms with Gasteiger partial charge in [-0.25, -0.2) is 0 Å². The molecule has 0 aromatic heterocycles. The summed E-state index contributed by atoms with van der Waals surface area (Å²) in [6, 6.07) is 6.62. The van der Waals surface area contributed by atoms with Gasteiger partial charge in [-0.2, -0.15) is 0 Å². The largest absolute Gasteiger partial charge is 0.0949 e. The van der Waals surface area contributed by atoms with E-state index < -0.39 is 0 Å². The highest BCUT2D eigenvalue weighted by Crippen LogP contribution is 2.30. The summed E-state index contributed by atoms with van der Waals surface area (Å²) in [7, 11) is 0. The molecular formula is C13H17IS. The molecule has 0 heterocycles. The fourth-order valence-electron chi connectivity index (χ4n) is 1.29. The summed E-state index contributed by atoms with van der Waals surface area (Å²) in [5.74, 6) is 0. The average molecular weight is 332 g/mol. The number of aryl methyl sites for hydroxylation is 1. The first-order valence-corrected chi connectivity index (χ1v) is 7.13. The van der Waals surface area contributed by atoms with E-state index in [0.29, 0.717) is 0 Å². The lowest BCUT2D eigenvalue weighted by molar-refractivity contribution is 0.955. The first-order valence-electron chi connectivity index (χ1n) is 5.24. The summed E-state index contributed by atoms with van der Waals surface area (Å²) in [5, 5.41) is 0. The van der Waals surface area contributed by atoms with E-state index in [-0.39, 0.29) is 0 Å². The van der Waals surface area contributed by atoms with Crippen LogP contribution in [0.1, 0.15) is 32.3 Å². The van der Waals surface area contributed by atoms with Crippen molar-refractivity contribution in [1.29, 1.82) is 0 Å². The number of unbranched alkanes of at least 4 members (excludes halogenated alkanes) is 1. The van der Waals surface area contributed by atoms with Crippen LogP contribution in [0.25, 0.3) is 0 Å². The Kier molecular flexibility index (Phi) is 5.75. The molecule has 2 heteroatoms. The molecule has 0 N–H and O–H groups in total. The molecule has 0 aliphatic rings. The Morgan fingerprint density at radius 2 is 2.20 bits per heavy atom. The maximum atomic E-state index is 2.35. The molecule has 0 bridgehead atoms. The van der Waals surface area contributed by atoms with Crippen LogP contribution in [0.3, 0.4) is 0 Å². The van der Waals surface area contributed by atoms with Gasteiger partial charge in [0.05, 0.1) is 0 Å². The molecule has 0 aliphatic carbocycles. The van der Waals surface area contributed by atoms with E-state index in [1.807, 2.05) is 11.8 Å². The Morgan fingerprint density at radius 3 is 2.80 bits per heavy atom. The van der Waals surface area contributed by atoms with Crippen molar-refractivity contribution in [3.63, 3.8) is 0 Å². The highest BCUT2D eigenvalue weighted by molar-refractivity contribution is 14.1. The molecule has 0 nitrogen and oxygen atoms in total. The number of thioether (sulfide) groups is 1. The van der Waals surface area contributed by atoms with Gasteiger partial charge in [0, 0.05) is 8.47 Å². The van der Waals surface area contributed by atoms with E-state index in [9.17, 15) is 0 Å². The minimum Gasteiger partial charge on any atom is -0.0949 e. The van der Waals surface area contributed by atoms with Gasteiger partial charge in [0.25, 0.3) is 0 Å². The predicted molar refractivity (Wildman–Crippen MR) is 78.4 cm³/mol. The van der Waals surface area contributed by atoms with Gasteiger partial charge in [0.1, 0.15) is 0 Å². The van der Waals surface area contributed by atoms with E-state index >= 15 is 0 Å². The van der Waals surface area contributed by atoms with Gasteiger partial charge in [0.2, 0.25) is 0 Å². The van der Waals surface area contributed by atoms with E-state index in [1.165, 1.54) is 31.8 Å². The molecule has 0 saturated heterocycles. The molecule has 1 aromatic carbocycles. The Bertz CT molecular complexity index is 356. The molecule has 82 valence electrons. The van der Waals surface area contributed by atoms with Crippen molar-refractivity contribution in [3.8, 4) is 0 Å². The zero-order chi connectivity index (χ0) is 11.3. The summed E-state index contributed by atoms with van der Waals surface area (Å²) >= 11 is 4.23. The van der Waals surface area contributed by atoms with E-state index in [1.54, 1.807) is 0 Å². The molecular weight excluding hydrogens is 315 g/mol. The minimum atomic E-state index is 1.18. The summed E-state index contributed by atoms with van der Waals surface area (Å²) in [6.45, 7) is 6.58. The van der Waals surface area contributed by atoms with Crippen molar-refractivity contribution in [2.45, 2.75) is 38.5 Å². The number of benzene rings is 1. The lowest BCUT2D eigenvalue weighted by atomic mass is 10.2. The monoisotopic (exact) mass is 332 g/mol. The van der Waals surface area contributed by atoms with Crippen molar-refractivity contribution in [1.82, 2.24) is 0 Å². The van der Waals surface area contributed by atoms with Gasteiger partial charge in [-0.05, 0) is 71.5 Å². The van der Waals surface area contributed by atoms with Crippen LogP contribution in [0.4, 0.5) is 0 Å². The van der Waals surface area contributed by atoms with E-state index in [0.717, 1.165) is 0 Å². The zero-order valence-corrected chi connectivity index (χ0v) is 12.5. The van der Waals surface area contributed by atoms with Gasteiger partial charge in [0.15, 0.2) is 0 Å². The maximum Gasteiger partial charge on any atom is 0.0148 e. The summed E-state index contributed by atoms with van der Waals surface area (Å²) in [5.41, 5.74) is 1.37. The number of allylic oxidation sites excluding steroid dienone is 2. The smallest absolute Gasteiger partial charge is 0.0148 e. The molecule has 0 amide bonds. The zero-order valence-electron chi connectivity index (χ0n) is 9.51. The van der Waals surface area contributed by atoms with Crippen LogP contribution < -0.4 is 0 Å². The minimum absolute atomic E-state index is 1.18. The van der Waals surface area contributed by atoms with Crippen LogP contribution in [-0.2, 0) is 0 Å². The molecule has 0 saturated carbocycles. The maximum absolute atomic E-state index is 2.35. The second kappa shape index (κ2) is 6.59. The molecule has 0 radical (unpaired) electrons. The lowest BCUT2D eigenvalue weighted by Gasteiger charge is -2.06. The summed E-state index contributed by atoms with van der Waals surface area (Å²) in [6.07, 6.45) is 4.73. The molecule has 0 atom stereocenters. The van der Waals surface area contributed by atoms with Crippen molar-refractivity contribution in [2.75, 3.05) is 0 Å². The van der Waals surface area contributed by atoms with Crippen molar-refractivity contribution in [2.24, 2.45) is 0 Å². The normalized spacial score (nSPS) is 11.9. The third-order valence-electron chi connectivity index (χ3n) is 2.13. The Labute approximate surface area is 111 Å². The van der Waals surface area contributed by atoms with Crippen molar-refractivity contribution in [3.05, 3.63) is 38.3 Å². The van der Waals surface area contributed by atoms with Crippen LogP contribution in [-0.4, -0.2) is 0 Å². The second-order valence-corrected chi connectivity index (χ2v) is 6.15. The van der Waals surface area contributed by atoms with Gasteiger partial charge in [-0.3, -0.25) is 0 Å². The number of halogens is 1. The van der Waals surface area contributed by atoms with Crippen LogP contribution in [0.5, 0.6) is 0 Å². The Balaban J connectivity index is 2.72. The van der Waals surface area contributed by atoms with Crippen LogP contribution in [0.2, 0.25) is 0 Å². The quantitative estimate of drug-likeness (QED) is 0.526. The van der Waals surface area contributed by atoms with Crippen molar-refractivity contribution >= 4 is 34.4 Å². The molecule has 15 heavy (non-hydrogen) atoms. The molecule has 0 unspecified atom stereocenters. The molecule has 1 rings (SSSR count). The fraction of sp³-hybridized carbons (Fsp3) is 0.385. The summed E-state index contributed by atoms with van der Waals surface area (Å²) in [4.78, 5) is 2.78. The van der Waals surface area contributed by atoms with Crippen LogP contribution in [0.15, 0.2) is 34.1 Å². The molecule has 0 fully saturated rings. The van der Waals surface area contributed by atoms with Crippen LogP contribution in [0, 0.1) is 10.5 Å². The Hall–Kier alpha value is 0.0400. The predicted octanol–water partition coefficient (Wildman–Crippen LogP) is 5.40. The third kappa shape index (κ3) is 4.60. The number of hydrogen-bond donors (Lipinski definition) is 0. The number of rotatable bonds is 4. The average Bonchev–Trinajstić information content (AvgIpc) is 2.19. The third-order valence-corrected chi connectivity index (χ3v) is 3.97. The second-order valence-electron chi connectivity index (χ2n) is 3.62. The van der Waals surface area contributed by atoms with Crippen molar-refractivity contribution < 1.29 is 0 Å². The van der Waals surface area contributed by atoms with Gasteiger partial charge >= 0.3 is 0 Å². The first kappa shape index (κ1) is 13.1. The van der Waals surface area contributed by atoms with Gasteiger partial charge in [-0.15, -0.1) is 0 Å². The lowest BCUT2D eigenvalue weighted by Crippen LogP contribution is -1.81. The van der Waals surface area contributed by atoms with E-state index in [2.05, 4.69) is 67.6 Å². The van der Waals surface area contributed by atoms with Gasteiger partial charge in [-0.1, -0.05) is 31.2 Å².